The molecule has 4 nitrogen and oxygen atoms in total. The first-order valence-corrected chi connectivity index (χ1v) is 6.73. The van der Waals surface area contributed by atoms with E-state index in [0.29, 0.717) is 12.5 Å². The maximum atomic E-state index is 11.4. The summed E-state index contributed by atoms with van der Waals surface area (Å²) in [5.74, 6) is -0.0836. The van der Waals surface area contributed by atoms with E-state index in [1.807, 2.05) is 26.8 Å². The van der Waals surface area contributed by atoms with Crippen molar-refractivity contribution in [1.82, 2.24) is 0 Å². The van der Waals surface area contributed by atoms with Crippen molar-refractivity contribution in [3.05, 3.63) is 12.2 Å². The molecule has 0 aromatic heterocycles. The molecule has 0 fully saturated rings. The third-order valence-corrected chi connectivity index (χ3v) is 2.40. The Labute approximate surface area is 116 Å². The largest absolute Gasteiger partial charge is 0.466 e. The lowest BCUT2D eigenvalue weighted by atomic mass is 10.0. The Morgan fingerprint density at radius 1 is 1.21 bits per heavy atom. The van der Waals surface area contributed by atoms with Crippen LogP contribution in [0.5, 0.6) is 0 Å². The van der Waals surface area contributed by atoms with Gasteiger partial charge in [-0.2, -0.15) is 0 Å². The van der Waals surface area contributed by atoms with Crippen molar-refractivity contribution in [1.29, 1.82) is 0 Å². The Bertz CT molecular complexity index is 313. The summed E-state index contributed by atoms with van der Waals surface area (Å²) in [5.41, 5.74) is -0.446. The first-order chi connectivity index (χ1) is 8.70. The van der Waals surface area contributed by atoms with Crippen molar-refractivity contribution in [2.24, 2.45) is 5.92 Å². The summed E-state index contributed by atoms with van der Waals surface area (Å²) in [6.45, 7) is 9.51. The molecule has 0 aromatic rings. The van der Waals surface area contributed by atoms with Gasteiger partial charge in [0, 0.05) is 13.0 Å². The number of hydrogen-bond donors (Lipinski definition) is 0. The number of esters is 2. The number of rotatable bonds is 7. The van der Waals surface area contributed by atoms with Gasteiger partial charge in [-0.1, -0.05) is 13.0 Å². The van der Waals surface area contributed by atoms with Gasteiger partial charge in [0.05, 0.1) is 6.61 Å². The lowest BCUT2D eigenvalue weighted by molar-refractivity contribution is -0.148. The maximum Gasteiger partial charge on any atom is 0.330 e. The third-order valence-electron chi connectivity index (χ3n) is 2.40. The summed E-state index contributed by atoms with van der Waals surface area (Å²) in [4.78, 5) is 22.0. The maximum absolute atomic E-state index is 11.4. The Balaban J connectivity index is 3.72. The molecule has 0 aliphatic heterocycles. The molecule has 0 aliphatic carbocycles. The highest BCUT2D eigenvalue weighted by molar-refractivity contribution is 5.82. The summed E-state index contributed by atoms with van der Waals surface area (Å²) in [6, 6.07) is 0. The van der Waals surface area contributed by atoms with Crippen LogP contribution in [0, 0.1) is 5.92 Å². The number of carbonyl (C=O) groups excluding carboxylic acids is 2. The van der Waals surface area contributed by atoms with Crippen LogP contribution in [0.25, 0.3) is 0 Å². The van der Waals surface area contributed by atoms with Gasteiger partial charge in [0.25, 0.3) is 0 Å². The zero-order valence-electron chi connectivity index (χ0n) is 12.7. The summed E-state index contributed by atoms with van der Waals surface area (Å²) >= 11 is 0. The minimum absolute atomic E-state index is 0.239. The highest BCUT2D eigenvalue weighted by Gasteiger charge is 2.13. The molecule has 0 N–H and O–H groups in total. The molecule has 0 bridgehead atoms. The van der Waals surface area contributed by atoms with E-state index < -0.39 is 5.60 Å². The SMILES string of the molecule is CC(=O)OCCC(C)CC/C=C/C(=O)OC(C)(C)C. The van der Waals surface area contributed by atoms with Crippen molar-refractivity contribution in [2.75, 3.05) is 6.61 Å². The number of carbonyl (C=O) groups is 2. The van der Waals surface area contributed by atoms with Gasteiger partial charge < -0.3 is 9.47 Å². The third kappa shape index (κ3) is 12.9. The molecule has 0 aromatic carbocycles. The lowest BCUT2D eigenvalue weighted by Gasteiger charge is -2.17. The molecule has 0 saturated heterocycles. The molecule has 1 atom stereocenters. The zero-order chi connectivity index (χ0) is 14.9. The van der Waals surface area contributed by atoms with Crippen LogP contribution in [0.4, 0.5) is 0 Å². The van der Waals surface area contributed by atoms with Crippen LogP contribution in [-0.2, 0) is 19.1 Å². The summed E-state index contributed by atoms with van der Waals surface area (Å²) in [6.07, 6.45) is 5.93. The molecular weight excluding hydrogens is 244 g/mol. The second-order valence-corrected chi connectivity index (χ2v) is 5.75. The van der Waals surface area contributed by atoms with Crippen LogP contribution in [0.2, 0.25) is 0 Å². The fraction of sp³-hybridized carbons (Fsp3) is 0.733. The van der Waals surface area contributed by atoms with Crippen LogP contribution in [0.1, 0.15) is 53.9 Å². The van der Waals surface area contributed by atoms with E-state index in [0.717, 1.165) is 19.3 Å². The first-order valence-electron chi connectivity index (χ1n) is 6.73. The predicted molar refractivity (Wildman–Crippen MR) is 74.6 cm³/mol. The first kappa shape index (κ1) is 17.7. The Morgan fingerprint density at radius 3 is 2.37 bits per heavy atom. The Hall–Kier alpha value is -1.32. The fourth-order valence-corrected chi connectivity index (χ4v) is 1.44. The molecule has 0 radical (unpaired) electrons. The van der Waals surface area contributed by atoms with Crippen LogP contribution in [0.3, 0.4) is 0 Å². The molecule has 0 rings (SSSR count). The molecule has 110 valence electrons. The van der Waals surface area contributed by atoms with E-state index in [4.69, 9.17) is 9.47 Å². The van der Waals surface area contributed by atoms with E-state index in [9.17, 15) is 9.59 Å². The highest BCUT2D eigenvalue weighted by Crippen LogP contribution is 2.11. The van der Waals surface area contributed by atoms with Crippen LogP contribution in [-0.4, -0.2) is 24.1 Å². The van der Waals surface area contributed by atoms with Crippen molar-refractivity contribution in [2.45, 2.75) is 59.5 Å². The standard InChI is InChI=1S/C15H26O4/c1-12(10-11-18-13(2)16)8-6-7-9-14(17)19-15(3,4)5/h7,9,12H,6,8,10-11H2,1-5H3/b9-7+. The van der Waals surface area contributed by atoms with Gasteiger partial charge >= 0.3 is 11.9 Å². The van der Waals surface area contributed by atoms with Gasteiger partial charge in [0.1, 0.15) is 5.60 Å². The second kappa shape index (κ2) is 8.73. The molecule has 1 unspecified atom stereocenters. The topological polar surface area (TPSA) is 52.6 Å². The van der Waals surface area contributed by atoms with Crippen molar-refractivity contribution < 1.29 is 19.1 Å². The van der Waals surface area contributed by atoms with E-state index in [-0.39, 0.29) is 11.9 Å². The van der Waals surface area contributed by atoms with Gasteiger partial charge in [0.2, 0.25) is 0 Å². The van der Waals surface area contributed by atoms with Crippen molar-refractivity contribution in [3.63, 3.8) is 0 Å². The van der Waals surface area contributed by atoms with E-state index in [2.05, 4.69) is 6.92 Å². The molecule has 0 amide bonds. The number of allylic oxidation sites excluding steroid dienone is 1. The molecule has 19 heavy (non-hydrogen) atoms. The summed E-state index contributed by atoms with van der Waals surface area (Å²) in [5, 5.41) is 0. The van der Waals surface area contributed by atoms with Gasteiger partial charge in [-0.3, -0.25) is 4.79 Å². The minimum Gasteiger partial charge on any atom is -0.466 e. The predicted octanol–water partition coefficient (Wildman–Crippen LogP) is 3.25. The van der Waals surface area contributed by atoms with Gasteiger partial charge in [-0.05, 0) is 46.0 Å². The zero-order valence-corrected chi connectivity index (χ0v) is 12.7. The van der Waals surface area contributed by atoms with Gasteiger partial charge in [-0.25, -0.2) is 4.79 Å². The Morgan fingerprint density at radius 2 is 1.84 bits per heavy atom. The smallest absolute Gasteiger partial charge is 0.330 e. The average Bonchev–Trinajstić information content (AvgIpc) is 2.21. The van der Waals surface area contributed by atoms with E-state index in [1.165, 1.54) is 13.0 Å². The lowest BCUT2D eigenvalue weighted by Crippen LogP contribution is -2.22. The number of ether oxygens (including phenoxy) is 2. The Kier molecular flexibility index (Phi) is 8.12. The van der Waals surface area contributed by atoms with Crippen molar-refractivity contribution in [3.8, 4) is 0 Å². The highest BCUT2D eigenvalue weighted by atomic mass is 16.6. The summed E-state index contributed by atoms with van der Waals surface area (Å²) < 4.78 is 10.0. The van der Waals surface area contributed by atoms with Gasteiger partial charge in [0.15, 0.2) is 0 Å². The molecule has 0 spiro atoms. The quantitative estimate of drug-likeness (QED) is 0.526. The fourth-order valence-electron chi connectivity index (χ4n) is 1.44. The van der Waals surface area contributed by atoms with Gasteiger partial charge in [-0.15, -0.1) is 0 Å². The molecule has 4 heteroatoms. The van der Waals surface area contributed by atoms with Crippen molar-refractivity contribution >= 4 is 11.9 Å². The number of hydrogen-bond acceptors (Lipinski definition) is 4. The molecule has 0 saturated carbocycles. The van der Waals surface area contributed by atoms with E-state index >= 15 is 0 Å². The van der Waals surface area contributed by atoms with E-state index in [1.54, 1.807) is 0 Å². The normalized spacial score (nSPS) is 13.3. The average molecular weight is 270 g/mol. The monoisotopic (exact) mass is 270 g/mol. The molecular formula is C15H26O4. The molecule has 0 heterocycles. The summed E-state index contributed by atoms with van der Waals surface area (Å²) in [7, 11) is 0. The molecule has 0 aliphatic rings. The van der Waals surface area contributed by atoms with Crippen LogP contribution < -0.4 is 0 Å². The van der Waals surface area contributed by atoms with Crippen LogP contribution in [0.15, 0.2) is 12.2 Å². The second-order valence-electron chi connectivity index (χ2n) is 5.75. The minimum atomic E-state index is -0.446. The van der Waals surface area contributed by atoms with Crippen LogP contribution >= 0.6 is 0 Å².